The van der Waals surface area contributed by atoms with Crippen molar-refractivity contribution in [1.82, 2.24) is 19.7 Å². The number of methoxy groups -OCH3 is 1. The fourth-order valence-corrected chi connectivity index (χ4v) is 3.94. The molecule has 0 bridgehead atoms. The van der Waals surface area contributed by atoms with Crippen LogP contribution in [0.4, 0.5) is 18.9 Å². The summed E-state index contributed by atoms with van der Waals surface area (Å²) in [6.07, 6.45) is -0.0781. The van der Waals surface area contributed by atoms with E-state index in [-0.39, 0.29) is 18.3 Å². The smallest absolute Gasteiger partial charge is 0.416 e. The average Bonchev–Trinajstić information content (AvgIpc) is 3.45. The first-order valence-corrected chi connectivity index (χ1v) is 10.1. The van der Waals surface area contributed by atoms with Gasteiger partial charge in [-0.2, -0.15) is 18.3 Å². The van der Waals surface area contributed by atoms with Crippen molar-refractivity contribution in [1.29, 1.82) is 0 Å². The Bertz CT molecular complexity index is 1070. The van der Waals surface area contributed by atoms with Gasteiger partial charge in [-0.3, -0.25) is 9.69 Å². The van der Waals surface area contributed by atoms with E-state index in [1.165, 1.54) is 23.4 Å². The van der Waals surface area contributed by atoms with E-state index in [0.29, 0.717) is 5.69 Å². The molecule has 1 aliphatic rings. The van der Waals surface area contributed by atoms with Crippen molar-refractivity contribution in [3.63, 3.8) is 0 Å². The van der Waals surface area contributed by atoms with Gasteiger partial charge in [-0.25, -0.2) is 9.67 Å². The molecule has 10 heteroatoms. The molecule has 2 heterocycles. The van der Waals surface area contributed by atoms with Gasteiger partial charge in [0, 0.05) is 6.04 Å². The summed E-state index contributed by atoms with van der Waals surface area (Å²) >= 11 is 0. The minimum Gasteiger partial charge on any atom is -0.497 e. The maximum Gasteiger partial charge on any atom is 0.416 e. The van der Waals surface area contributed by atoms with Gasteiger partial charge < -0.3 is 10.1 Å². The van der Waals surface area contributed by atoms with Crippen molar-refractivity contribution in [3.8, 4) is 11.4 Å². The molecule has 168 valence electrons. The van der Waals surface area contributed by atoms with Crippen molar-refractivity contribution >= 4 is 11.6 Å². The molecular weight excluding hydrogens is 423 g/mol. The number of benzene rings is 2. The number of nitrogens with one attached hydrogen (secondary N) is 1. The highest BCUT2D eigenvalue weighted by molar-refractivity contribution is 5.94. The Morgan fingerprint density at radius 3 is 2.66 bits per heavy atom. The van der Waals surface area contributed by atoms with E-state index in [2.05, 4.69) is 15.4 Å². The van der Waals surface area contributed by atoms with E-state index in [1.54, 1.807) is 7.11 Å². The van der Waals surface area contributed by atoms with Crippen LogP contribution in [0.1, 0.15) is 30.0 Å². The number of ether oxygens (including phenoxy) is 1. The van der Waals surface area contributed by atoms with Crippen molar-refractivity contribution < 1.29 is 22.7 Å². The second-order valence-electron chi connectivity index (χ2n) is 7.52. The number of carbonyl (C=O) groups is 1. The SMILES string of the molecule is COc1ccc(C2CCCN2CC(=O)Nc2cc(C(F)(F)F)ccc2-n2cncn2)cc1. The number of hydrogen-bond acceptors (Lipinski definition) is 5. The molecule has 3 aromatic rings. The predicted molar refractivity (Wildman–Crippen MR) is 112 cm³/mol. The van der Waals surface area contributed by atoms with E-state index in [1.807, 2.05) is 29.2 Å². The number of rotatable bonds is 6. The van der Waals surface area contributed by atoms with Crippen LogP contribution in [0.25, 0.3) is 5.69 Å². The van der Waals surface area contributed by atoms with Crippen LogP contribution >= 0.6 is 0 Å². The van der Waals surface area contributed by atoms with Crippen molar-refractivity contribution in [3.05, 3.63) is 66.2 Å². The number of alkyl halides is 3. The van der Waals surface area contributed by atoms with Crippen LogP contribution in [-0.4, -0.2) is 45.8 Å². The van der Waals surface area contributed by atoms with E-state index in [4.69, 9.17) is 4.74 Å². The van der Waals surface area contributed by atoms with Gasteiger partial charge in [0.25, 0.3) is 0 Å². The minimum absolute atomic E-state index is 0.0236. The van der Waals surface area contributed by atoms with Gasteiger partial charge in [-0.15, -0.1) is 0 Å². The molecule has 0 radical (unpaired) electrons. The average molecular weight is 445 g/mol. The second kappa shape index (κ2) is 8.99. The zero-order valence-corrected chi connectivity index (χ0v) is 17.3. The van der Waals surface area contributed by atoms with Crippen LogP contribution in [0, 0.1) is 0 Å². The monoisotopic (exact) mass is 445 g/mol. The van der Waals surface area contributed by atoms with E-state index < -0.39 is 17.6 Å². The van der Waals surface area contributed by atoms with Crippen LogP contribution in [0.15, 0.2) is 55.1 Å². The van der Waals surface area contributed by atoms with E-state index in [0.717, 1.165) is 42.8 Å². The third-order valence-corrected chi connectivity index (χ3v) is 5.47. The molecule has 0 saturated carbocycles. The standard InChI is InChI=1S/C22H22F3N5O2/c1-32-17-7-4-15(5-8-17)19-3-2-10-29(19)12-21(31)28-18-11-16(22(23,24)25)6-9-20(18)30-14-26-13-27-30/h4-9,11,13-14,19H,2-3,10,12H2,1H3,(H,28,31). The first kappa shape index (κ1) is 21.8. The lowest BCUT2D eigenvalue weighted by atomic mass is 10.0. The number of halogens is 3. The Morgan fingerprint density at radius 1 is 1.22 bits per heavy atom. The fourth-order valence-electron chi connectivity index (χ4n) is 3.94. The molecular formula is C22H22F3N5O2. The highest BCUT2D eigenvalue weighted by Gasteiger charge is 2.32. The summed E-state index contributed by atoms with van der Waals surface area (Å²) in [4.78, 5) is 18.7. The summed E-state index contributed by atoms with van der Waals surface area (Å²) in [5.41, 5.74) is 0.542. The molecule has 1 saturated heterocycles. The molecule has 7 nitrogen and oxygen atoms in total. The Labute approximate surface area is 182 Å². The van der Waals surface area contributed by atoms with Crippen molar-refractivity contribution in [2.45, 2.75) is 25.1 Å². The highest BCUT2D eigenvalue weighted by Crippen LogP contribution is 2.34. The normalized spacial score (nSPS) is 16.8. The molecule has 1 fully saturated rings. The van der Waals surface area contributed by atoms with Crippen LogP contribution in [0.5, 0.6) is 5.75 Å². The van der Waals surface area contributed by atoms with Crippen LogP contribution in [0.3, 0.4) is 0 Å². The number of hydrogen-bond donors (Lipinski definition) is 1. The number of carbonyl (C=O) groups excluding carboxylic acids is 1. The summed E-state index contributed by atoms with van der Waals surface area (Å²) in [5.74, 6) is 0.354. The minimum atomic E-state index is -4.53. The molecule has 0 spiro atoms. The third-order valence-electron chi connectivity index (χ3n) is 5.47. The number of anilines is 1. The van der Waals surface area contributed by atoms with Crippen LogP contribution in [-0.2, 0) is 11.0 Å². The number of aromatic nitrogens is 3. The first-order valence-electron chi connectivity index (χ1n) is 10.1. The number of amides is 1. The zero-order valence-electron chi connectivity index (χ0n) is 17.3. The molecule has 1 N–H and O–H groups in total. The molecule has 1 unspecified atom stereocenters. The molecule has 1 amide bonds. The molecule has 2 aromatic carbocycles. The Kier molecular flexibility index (Phi) is 6.13. The Hall–Kier alpha value is -3.40. The van der Waals surface area contributed by atoms with Crippen molar-refractivity contribution in [2.75, 3.05) is 25.5 Å². The third kappa shape index (κ3) is 4.75. The molecule has 0 aliphatic carbocycles. The Balaban J connectivity index is 1.53. The van der Waals surface area contributed by atoms with Gasteiger partial charge in [0.1, 0.15) is 18.4 Å². The van der Waals surface area contributed by atoms with Gasteiger partial charge in [0.05, 0.1) is 30.6 Å². The Morgan fingerprint density at radius 2 is 2.00 bits per heavy atom. The number of nitrogens with zero attached hydrogens (tertiary/aromatic N) is 4. The van der Waals surface area contributed by atoms with Gasteiger partial charge in [-0.1, -0.05) is 12.1 Å². The van der Waals surface area contributed by atoms with Crippen molar-refractivity contribution in [2.24, 2.45) is 0 Å². The van der Waals surface area contributed by atoms with Gasteiger partial charge in [0.2, 0.25) is 5.91 Å². The predicted octanol–water partition coefficient (Wildman–Crippen LogP) is 4.07. The summed E-state index contributed by atoms with van der Waals surface area (Å²) in [6, 6.07) is 10.9. The quantitative estimate of drug-likeness (QED) is 0.619. The van der Waals surface area contributed by atoms with Crippen LogP contribution in [0.2, 0.25) is 0 Å². The van der Waals surface area contributed by atoms with E-state index in [9.17, 15) is 18.0 Å². The zero-order chi connectivity index (χ0) is 22.7. The fraction of sp³-hybridized carbons (Fsp3) is 0.318. The number of likely N-dealkylation sites (tertiary alicyclic amines) is 1. The summed E-state index contributed by atoms with van der Waals surface area (Å²) in [7, 11) is 1.60. The van der Waals surface area contributed by atoms with E-state index >= 15 is 0 Å². The van der Waals surface area contributed by atoms with Gasteiger partial charge >= 0.3 is 6.18 Å². The molecule has 32 heavy (non-hydrogen) atoms. The summed E-state index contributed by atoms with van der Waals surface area (Å²) in [5, 5.41) is 6.61. The summed E-state index contributed by atoms with van der Waals surface area (Å²) < 4.78 is 46.2. The second-order valence-corrected chi connectivity index (χ2v) is 7.52. The molecule has 1 atom stereocenters. The molecule has 1 aliphatic heterocycles. The first-order chi connectivity index (χ1) is 15.3. The molecule has 1 aromatic heterocycles. The maximum absolute atomic E-state index is 13.2. The highest BCUT2D eigenvalue weighted by atomic mass is 19.4. The maximum atomic E-state index is 13.2. The topological polar surface area (TPSA) is 72.3 Å². The molecule has 4 rings (SSSR count). The lowest BCUT2D eigenvalue weighted by Gasteiger charge is -2.24. The lowest BCUT2D eigenvalue weighted by molar-refractivity contribution is -0.137. The largest absolute Gasteiger partial charge is 0.497 e. The van der Waals surface area contributed by atoms with Gasteiger partial charge in [-0.05, 0) is 55.3 Å². The van der Waals surface area contributed by atoms with Crippen LogP contribution < -0.4 is 10.1 Å². The van der Waals surface area contributed by atoms with Gasteiger partial charge in [0.15, 0.2) is 0 Å². The lowest BCUT2D eigenvalue weighted by Crippen LogP contribution is -2.33. The summed E-state index contributed by atoms with van der Waals surface area (Å²) in [6.45, 7) is 0.784.